The van der Waals surface area contributed by atoms with E-state index < -0.39 is 0 Å². The summed E-state index contributed by atoms with van der Waals surface area (Å²) in [6, 6.07) is 7.43. The quantitative estimate of drug-likeness (QED) is 0.307. The van der Waals surface area contributed by atoms with Crippen molar-refractivity contribution in [2.75, 3.05) is 39.1 Å². The second-order valence-electron chi connectivity index (χ2n) is 9.27. The van der Waals surface area contributed by atoms with Gasteiger partial charge in [0.25, 0.3) is 0 Å². The highest BCUT2D eigenvalue weighted by molar-refractivity contribution is 6.30. The van der Waals surface area contributed by atoms with Crippen molar-refractivity contribution in [1.29, 1.82) is 0 Å². The largest absolute Gasteiger partial charge is 0.378 e. The van der Waals surface area contributed by atoms with Gasteiger partial charge in [0.15, 0.2) is 0 Å². The van der Waals surface area contributed by atoms with E-state index >= 15 is 0 Å². The average Bonchev–Trinajstić information content (AvgIpc) is 2.80. The van der Waals surface area contributed by atoms with E-state index in [1.807, 2.05) is 24.1 Å². The Kier molecular flexibility index (Phi) is 13.1. The Hall–Kier alpha value is -1.30. The number of rotatable bonds is 14. The molecule has 0 heterocycles. The zero-order chi connectivity index (χ0) is 23.2. The van der Waals surface area contributed by atoms with Crippen LogP contribution >= 0.6 is 11.6 Å². The minimum Gasteiger partial charge on any atom is -0.378 e. The van der Waals surface area contributed by atoms with Crippen molar-refractivity contribution in [1.82, 2.24) is 9.80 Å². The van der Waals surface area contributed by atoms with Gasteiger partial charge in [-0.2, -0.15) is 0 Å². The van der Waals surface area contributed by atoms with Crippen molar-refractivity contribution in [3.63, 3.8) is 0 Å². The molecule has 5 nitrogen and oxygen atoms in total. The Balaban J connectivity index is 1.50. The maximum atomic E-state index is 12.5. The number of unbranched alkanes of at least 4 members (excludes halogenated alkanes) is 5. The summed E-state index contributed by atoms with van der Waals surface area (Å²) in [6.45, 7) is 5.58. The smallest absolute Gasteiger partial charge is 0.321 e. The van der Waals surface area contributed by atoms with Crippen LogP contribution in [0.5, 0.6) is 0 Å². The maximum Gasteiger partial charge on any atom is 0.321 e. The number of amides is 2. The van der Waals surface area contributed by atoms with Crippen molar-refractivity contribution in [3.8, 4) is 0 Å². The number of ether oxygens (including phenoxy) is 1. The summed E-state index contributed by atoms with van der Waals surface area (Å²) in [7, 11) is 4.13. The van der Waals surface area contributed by atoms with Gasteiger partial charge in [0.05, 0.1) is 6.10 Å². The number of halogens is 1. The molecule has 2 amide bonds. The van der Waals surface area contributed by atoms with Crippen molar-refractivity contribution in [3.05, 3.63) is 29.3 Å². The Morgan fingerprint density at radius 1 is 0.969 bits per heavy atom. The van der Waals surface area contributed by atoms with Crippen molar-refractivity contribution in [2.24, 2.45) is 0 Å². The molecule has 182 valence electrons. The van der Waals surface area contributed by atoms with Crippen LogP contribution < -0.4 is 5.32 Å². The third kappa shape index (κ3) is 10.5. The van der Waals surface area contributed by atoms with Crippen LogP contribution in [0.4, 0.5) is 10.5 Å². The number of benzene rings is 1. The van der Waals surface area contributed by atoms with Crippen LogP contribution in [0, 0.1) is 0 Å². The molecule has 0 bridgehead atoms. The van der Waals surface area contributed by atoms with E-state index in [0.29, 0.717) is 11.1 Å². The highest BCUT2D eigenvalue weighted by Gasteiger charge is 2.27. The first-order valence-corrected chi connectivity index (χ1v) is 13.0. The van der Waals surface area contributed by atoms with Gasteiger partial charge in [0.2, 0.25) is 0 Å². The molecule has 0 spiro atoms. The second-order valence-corrected chi connectivity index (χ2v) is 9.71. The van der Waals surface area contributed by atoms with Crippen LogP contribution in [-0.2, 0) is 4.74 Å². The van der Waals surface area contributed by atoms with Gasteiger partial charge >= 0.3 is 6.03 Å². The fourth-order valence-electron chi connectivity index (χ4n) is 4.34. The summed E-state index contributed by atoms with van der Waals surface area (Å²) >= 11 is 5.91. The van der Waals surface area contributed by atoms with Gasteiger partial charge in [0, 0.05) is 30.4 Å². The molecule has 1 fully saturated rings. The van der Waals surface area contributed by atoms with E-state index in [-0.39, 0.29) is 12.1 Å². The van der Waals surface area contributed by atoms with Gasteiger partial charge < -0.3 is 19.9 Å². The Morgan fingerprint density at radius 3 is 2.25 bits per heavy atom. The molecule has 1 aliphatic rings. The van der Waals surface area contributed by atoms with Crippen LogP contribution in [0.15, 0.2) is 24.3 Å². The van der Waals surface area contributed by atoms with E-state index in [4.69, 9.17) is 16.3 Å². The third-order valence-electron chi connectivity index (χ3n) is 6.54. The van der Waals surface area contributed by atoms with Crippen molar-refractivity contribution >= 4 is 23.3 Å². The normalized spacial score (nSPS) is 18.7. The first-order valence-electron chi connectivity index (χ1n) is 12.6. The molecule has 0 saturated heterocycles. The number of carbonyl (C=O) groups excluding carboxylic acids is 1. The molecule has 1 saturated carbocycles. The maximum absolute atomic E-state index is 12.5. The molecule has 32 heavy (non-hydrogen) atoms. The summed E-state index contributed by atoms with van der Waals surface area (Å²) in [5.41, 5.74) is 0.770. The highest BCUT2D eigenvalue weighted by atomic mass is 35.5. The molecule has 1 N–H and O–H groups in total. The molecule has 2 rings (SSSR count). The molecule has 1 aromatic carbocycles. The fraction of sp³-hybridized carbons (Fsp3) is 0.731. The summed E-state index contributed by atoms with van der Waals surface area (Å²) < 4.78 is 6.13. The topological polar surface area (TPSA) is 44.8 Å². The zero-order valence-electron chi connectivity index (χ0n) is 20.5. The predicted molar refractivity (Wildman–Crippen MR) is 136 cm³/mol. The van der Waals surface area contributed by atoms with Crippen molar-refractivity contribution < 1.29 is 9.53 Å². The molecular weight excluding hydrogens is 422 g/mol. The fourth-order valence-corrected chi connectivity index (χ4v) is 4.47. The number of urea groups is 1. The van der Waals surface area contributed by atoms with E-state index in [1.165, 1.54) is 51.6 Å². The summed E-state index contributed by atoms with van der Waals surface area (Å²) in [5, 5.41) is 3.62. The SMILES string of the molecule is CCCCCN(C)CCCCCCOC1CCC(N(C)C(=O)Nc2ccc(Cl)cc2)CC1. The highest BCUT2D eigenvalue weighted by Crippen LogP contribution is 2.25. The molecule has 0 atom stereocenters. The monoisotopic (exact) mass is 465 g/mol. The van der Waals surface area contributed by atoms with E-state index in [2.05, 4.69) is 24.2 Å². The van der Waals surface area contributed by atoms with Gasteiger partial charge in [-0.15, -0.1) is 0 Å². The van der Waals surface area contributed by atoms with Crippen LogP contribution in [0.1, 0.15) is 77.6 Å². The van der Waals surface area contributed by atoms with E-state index in [0.717, 1.165) is 44.4 Å². The number of carbonyl (C=O) groups is 1. The minimum atomic E-state index is -0.0623. The third-order valence-corrected chi connectivity index (χ3v) is 6.79. The Labute approximate surface area is 200 Å². The second kappa shape index (κ2) is 15.5. The van der Waals surface area contributed by atoms with Gasteiger partial charge in [-0.1, -0.05) is 44.2 Å². The molecule has 6 heteroatoms. The number of nitrogens with zero attached hydrogens (tertiary/aromatic N) is 2. The lowest BCUT2D eigenvalue weighted by Crippen LogP contribution is -2.42. The van der Waals surface area contributed by atoms with Gasteiger partial charge in [-0.05, 0) is 89.3 Å². The van der Waals surface area contributed by atoms with E-state index in [1.54, 1.807) is 12.1 Å². The van der Waals surface area contributed by atoms with Gasteiger partial charge in [-0.3, -0.25) is 0 Å². The minimum absolute atomic E-state index is 0.0623. The lowest BCUT2D eigenvalue weighted by molar-refractivity contribution is 0.0130. The molecule has 0 aromatic heterocycles. The first kappa shape index (κ1) is 26.9. The van der Waals surface area contributed by atoms with E-state index in [9.17, 15) is 4.79 Å². The number of hydrogen-bond acceptors (Lipinski definition) is 3. The standard InChI is InChI=1S/C26H44ClN3O2/c1-4-5-8-19-29(2)20-9-6-7-10-21-32-25-17-15-24(16-18-25)30(3)26(31)28-23-13-11-22(27)12-14-23/h11-14,24-25H,4-10,15-21H2,1-3H3,(H,28,31). The molecule has 1 aromatic rings. The molecule has 0 radical (unpaired) electrons. The van der Waals surface area contributed by atoms with Crippen LogP contribution in [0.25, 0.3) is 0 Å². The number of anilines is 1. The molecule has 0 aliphatic heterocycles. The van der Waals surface area contributed by atoms with Crippen molar-refractivity contribution in [2.45, 2.75) is 89.7 Å². The number of hydrogen-bond donors (Lipinski definition) is 1. The lowest BCUT2D eigenvalue weighted by Gasteiger charge is -2.34. The number of nitrogens with one attached hydrogen (secondary N) is 1. The predicted octanol–water partition coefficient (Wildman–Crippen LogP) is 6.81. The Morgan fingerprint density at radius 2 is 1.59 bits per heavy atom. The molecular formula is C26H44ClN3O2. The summed E-state index contributed by atoms with van der Waals surface area (Å²) in [6.07, 6.45) is 13.4. The average molecular weight is 466 g/mol. The summed E-state index contributed by atoms with van der Waals surface area (Å²) in [5.74, 6) is 0. The van der Waals surface area contributed by atoms with Gasteiger partial charge in [0.1, 0.15) is 0 Å². The van der Waals surface area contributed by atoms with Crippen LogP contribution in [0.3, 0.4) is 0 Å². The summed E-state index contributed by atoms with van der Waals surface area (Å²) in [4.78, 5) is 16.8. The van der Waals surface area contributed by atoms with Crippen LogP contribution in [0.2, 0.25) is 5.02 Å². The lowest BCUT2D eigenvalue weighted by atomic mass is 9.92. The zero-order valence-corrected chi connectivity index (χ0v) is 21.2. The first-order chi connectivity index (χ1) is 15.5. The molecule has 0 unspecified atom stereocenters. The molecule has 1 aliphatic carbocycles. The van der Waals surface area contributed by atoms with Crippen LogP contribution in [-0.4, -0.2) is 61.8 Å². The Bertz CT molecular complexity index is 632. The van der Waals surface area contributed by atoms with Gasteiger partial charge in [-0.25, -0.2) is 4.79 Å².